The number of pyridine rings is 1. The molecule has 9 heteroatoms. The Labute approximate surface area is 165 Å². The van der Waals surface area contributed by atoms with Crippen molar-refractivity contribution < 1.29 is 14.3 Å². The summed E-state index contributed by atoms with van der Waals surface area (Å²) in [6, 6.07) is 6.66. The zero-order valence-electron chi connectivity index (χ0n) is 16.3. The number of fused-ring (bicyclic) bond motifs is 2. The largest absolute Gasteiger partial charge is 0.486 e. The Bertz CT molecular complexity index is 1240. The number of rotatable bonds is 3. The van der Waals surface area contributed by atoms with Gasteiger partial charge in [-0.3, -0.25) is 18.7 Å². The summed E-state index contributed by atoms with van der Waals surface area (Å²) >= 11 is 0. The molecule has 150 valence electrons. The zero-order chi connectivity index (χ0) is 20.7. The number of nitrogens with one attached hydrogen (secondary N) is 1. The molecule has 0 fully saturated rings. The molecule has 1 aromatic carbocycles. The van der Waals surface area contributed by atoms with E-state index in [0.717, 1.165) is 10.1 Å². The van der Waals surface area contributed by atoms with Crippen LogP contribution in [-0.4, -0.2) is 33.2 Å². The molecular weight excluding hydrogens is 376 g/mol. The van der Waals surface area contributed by atoms with Gasteiger partial charge in [-0.2, -0.15) is 0 Å². The van der Waals surface area contributed by atoms with Gasteiger partial charge in [0.2, 0.25) is 0 Å². The van der Waals surface area contributed by atoms with Gasteiger partial charge in [-0.25, -0.2) is 9.78 Å². The molecule has 2 aromatic heterocycles. The van der Waals surface area contributed by atoms with E-state index in [-0.39, 0.29) is 28.5 Å². The number of nitrogens with zero attached hydrogens (tertiary/aromatic N) is 3. The smallest absolute Gasteiger partial charge is 0.332 e. The third-order valence-electron chi connectivity index (χ3n) is 4.97. The van der Waals surface area contributed by atoms with E-state index in [1.54, 1.807) is 0 Å². The number of ether oxygens (including phenoxy) is 2. The topological polar surface area (TPSA) is 104 Å². The normalized spacial score (nSPS) is 13.9. The van der Waals surface area contributed by atoms with E-state index >= 15 is 0 Å². The fraction of sp³-hybridized carbons (Fsp3) is 0.300. The summed E-state index contributed by atoms with van der Waals surface area (Å²) in [7, 11) is 2.92. The molecule has 0 saturated heterocycles. The molecule has 0 aliphatic carbocycles. The summed E-state index contributed by atoms with van der Waals surface area (Å²) in [6.07, 6.45) is 1.35. The molecule has 9 nitrogen and oxygen atoms in total. The highest BCUT2D eigenvalue weighted by molar-refractivity contribution is 5.96. The van der Waals surface area contributed by atoms with Crippen LogP contribution in [0.5, 0.6) is 11.5 Å². The predicted octanol–water partition coefficient (Wildman–Crippen LogP) is 0.894. The number of aromatic nitrogens is 3. The van der Waals surface area contributed by atoms with Gasteiger partial charge >= 0.3 is 5.69 Å². The molecule has 0 bridgehead atoms. The molecule has 1 aliphatic heterocycles. The Morgan fingerprint density at radius 2 is 1.83 bits per heavy atom. The van der Waals surface area contributed by atoms with E-state index in [0.29, 0.717) is 24.7 Å². The van der Waals surface area contributed by atoms with Crippen molar-refractivity contribution in [1.29, 1.82) is 0 Å². The lowest BCUT2D eigenvalue weighted by molar-refractivity contribution is 0.0939. The maximum atomic E-state index is 12.7. The number of amides is 1. The molecule has 0 unspecified atom stereocenters. The minimum absolute atomic E-state index is 0.203. The van der Waals surface area contributed by atoms with Gasteiger partial charge in [-0.15, -0.1) is 0 Å². The molecule has 3 heterocycles. The third kappa shape index (κ3) is 3.24. The molecule has 0 spiro atoms. The lowest BCUT2D eigenvalue weighted by Crippen LogP contribution is -2.37. The maximum absolute atomic E-state index is 12.7. The van der Waals surface area contributed by atoms with Crippen LogP contribution in [0.2, 0.25) is 0 Å². The van der Waals surface area contributed by atoms with E-state index < -0.39 is 11.2 Å². The van der Waals surface area contributed by atoms with Crippen molar-refractivity contribution in [3.63, 3.8) is 0 Å². The Kier molecular flexibility index (Phi) is 4.57. The highest BCUT2D eigenvalue weighted by Crippen LogP contribution is 2.32. The van der Waals surface area contributed by atoms with Crippen LogP contribution < -0.4 is 26.0 Å². The van der Waals surface area contributed by atoms with Gasteiger partial charge in [-0.05, 0) is 30.7 Å². The number of carbonyl (C=O) groups excluding carboxylic acids is 1. The molecule has 1 aliphatic rings. The highest BCUT2D eigenvalue weighted by atomic mass is 16.6. The maximum Gasteiger partial charge on any atom is 0.332 e. The fourth-order valence-corrected chi connectivity index (χ4v) is 3.28. The summed E-state index contributed by atoms with van der Waals surface area (Å²) in [5.74, 6) is 0.947. The minimum atomic E-state index is -0.495. The second-order valence-electron chi connectivity index (χ2n) is 6.90. The summed E-state index contributed by atoms with van der Waals surface area (Å²) < 4.78 is 13.4. The lowest BCUT2D eigenvalue weighted by atomic mass is 10.1. The van der Waals surface area contributed by atoms with Gasteiger partial charge < -0.3 is 14.8 Å². The van der Waals surface area contributed by atoms with Crippen LogP contribution in [0.3, 0.4) is 0 Å². The first-order valence-corrected chi connectivity index (χ1v) is 9.13. The molecule has 0 saturated carbocycles. The van der Waals surface area contributed by atoms with Crippen LogP contribution in [0.25, 0.3) is 11.0 Å². The first-order valence-electron chi connectivity index (χ1n) is 9.13. The second kappa shape index (κ2) is 7.08. The molecule has 29 heavy (non-hydrogen) atoms. The summed E-state index contributed by atoms with van der Waals surface area (Å²) in [5, 5.41) is 3.09. The number of benzene rings is 1. The first kappa shape index (κ1) is 18.7. The monoisotopic (exact) mass is 396 g/mol. The van der Waals surface area contributed by atoms with Crippen molar-refractivity contribution in [2.45, 2.75) is 13.0 Å². The minimum Gasteiger partial charge on any atom is -0.486 e. The van der Waals surface area contributed by atoms with E-state index in [2.05, 4.69) is 10.3 Å². The van der Waals surface area contributed by atoms with E-state index in [1.165, 1.54) is 30.9 Å². The molecular formula is C20H20N4O5. The van der Waals surface area contributed by atoms with Crippen molar-refractivity contribution >= 4 is 16.9 Å². The van der Waals surface area contributed by atoms with Crippen LogP contribution in [-0.2, 0) is 14.1 Å². The molecule has 3 aromatic rings. The molecule has 0 radical (unpaired) electrons. The second-order valence-corrected chi connectivity index (χ2v) is 6.90. The average Bonchev–Trinajstić information content (AvgIpc) is 2.75. The highest BCUT2D eigenvalue weighted by Gasteiger charge is 2.18. The predicted molar refractivity (Wildman–Crippen MR) is 106 cm³/mol. The molecule has 1 N–H and O–H groups in total. The van der Waals surface area contributed by atoms with Crippen molar-refractivity contribution in [2.24, 2.45) is 14.1 Å². The van der Waals surface area contributed by atoms with Gasteiger partial charge in [0.25, 0.3) is 11.5 Å². The number of aryl methyl sites for hydroxylation is 1. The van der Waals surface area contributed by atoms with Crippen LogP contribution >= 0.6 is 0 Å². The standard InChI is InChI=1S/C20H20N4O5/c1-11(12-4-5-15-16(9-12)29-7-6-28-15)22-18(25)13-8-14-17(21-10-13)23(2)20(27)24(3)19(14)26/h4-5,8-11H,6-7H2,1-3H3,(H,22,25)/t11-/m1/s1. The van der Waals surface area contributed by atoms with Crippen molar-refractivity contribution in [3.8, 4) is 11.5 Å². The Balaban J connectivity index is 1.62. The van der Waals surface area contributed by atoms with E-state index in [9.17, 15) is 14.4 Å². The molecule has 4 rings (SSSR count). The summed E-state index contributed by atoms with van der Waals surface area (Å²) in [6.45, 7) is 2.84. The fourth-order valence-electron chi connectivity index (χ4n) is 3.28. The van der Waals surface area contributed by atoms with Crippen LogP contribution in [0.15, 0.2) is 40.1 Å². The van der Waals surface area contributed by atoms with Crippen LogP contribution in [0.4, 0.5) is 0 Å². The van der Waals surface area contributed by atoms with E-state index in [4.69, 9.17) is 9.47 Å². The average molecular weight is 396 g/mol. The van der Waals surface area contributed by atoms with Gasteiger partial charge in [0.15, 0.2) is 11.5 Å². The molecule has 1 atom stereocenters. The van der Waals surface area contributed by atoms with Gasteiger partial charge in [0.1, 0.15) is 18.9 Å². The quantitative estimate of drug-likeness (QED) is 0.705. The number of carbonyl (C=O) groups is 1. The Morgan fingerprint density at radius 1 is 1.10 bits per heavy atom. The SMILES string of the molecule is C[C@@H](NC(=O)c1cnc2c(c1)c(=O)n(C)c(=O)n2C)c1ccc2c(c1)OCCO2. The van der Waals surface area contributed by atoms with Crippen LogP contribution in [0, 0.1) is 0 Å². The summed E-state index contributed by atoms with van der Waals surface area (Å²) in [4.78, 5) is 41.3. The Hall–Kier alpha value is -3.62. The van der Waals surface area contributed by atoms with E-state index in [1.807, 2.05) is 25.1 Å². The number of hydrogen-bond donors (Lipinski definition) is 1. The Morgan fingerprint density at radius 3 is 2.59 bits per heavy atom. The van der Waals surface area contributed by atoms with Crippen molar-refractivity contribution in [1.82, 2.24) is 19.4 Å². The van der Waals surface area contributed by atoms with Gasteiger partial charge in [0.05, 0.1) is 17.0 Å². The molecule has 1 amide bonds. The number of hydrogen-bond acceptors (Lipinski definition) is 6. The van der Waals surface area contributed by atoms with Gasteiger partial charge in [0, 0.05) is 20.3 Å². The van der Waals surface area contributed by atoms with Crippen molar-refractivity contribution in [3.05, 3.63) is 62.4 Å². The van der Waals surface area contributed by atoms with Crippen molar-refractivity contribution in [2.75, 3.05) is 13.2 Å². The zero-order valence-corrected chi connectivity index (χ0v) is 16.3. The third-order valence-corrected chi connectivity index (χ3v) is 4.97. The van der Waals surface area contributed by atoms with Crippen LogP contribution in [0.1, 0.15) is 28.9 Å². The lowest BCUT2D eigenvalue weighted by Gasteiger charge is -2.21. The summed E-state index contributed by atoms with van der Waals surface area (Å²) in [5.41, 5.74) is 0.353. The first-order chi connectivity index (χ1) is 13.9. The van der Waals surface area contributed by atoms with Gasteiger partial charge in [-0.1, -0.05) is 6.07 Å².